The number of benzene rings is 1. The van der Waals surface area contributed by atoms with Gasteiger partial charge in [-0.3, -0.25) is 4.99 Å². The van der Waals surface area contributed by atoms with Crippen molar-refractivity contribution < 1.29 is 8.42 Å². The topological polar surface area (TPSA) is 46.5 Å². The molecule has 4 heteroatoms. The largest absolute Gasteiger partial charge is 0.289 e. The summed E-state index contributed by atoms with van der Waals surface area (Å²) in [4.78, 5) is 4.57. The second kappa shape index (κ2) is 5.06. The van der Waals surface area contributed by atoms with Crippen molar-refractivity contribution in [2.24, 2.45) is 4.99 Å². The summed E-state index contributed by atoms with van der Waals surface area (Å²) >= 11 is 0. The van der Waals surface area contributed by atoms with Crippen molar-refractivity contribution in [2.45, 2.75) is 30.4 Å². The van der Waals surface area contributed by atoms with Crippen LogP contribution in [0.25, 0.3) is 0 Å². The molecule has 1 aromatic carbocycles. The maximum absolute atomic E-state index is 12.3. The third-order valence-electron chi connectivity index (χ3n) is 3.03. The molecule has 0 N–H and O–H groups in total. The fourth-order valence-corrected chi connectivity index (χ4v) is 3.20. The lowest BCUT2D eigenvalue weighted by molar-refractivity contribution is 0.586. The van der Waals surface area contributed by atoms with Crippen molar-refractivity contribution in [1.29, 1.82) is 0 Å². The number of hydrogen-bond acceptors (Lipinski definition) is 3. The Labute approximate surface area is 108 Å². The van der Waals surface area contributed by atoms with E-state index >= 15 is 0 Å². The first kappa shape index (κ1) is 13.0. The highest BCUT2D eigenvalue weighted by molar-refractivity contribution is 7.92. The van der Waals surface area contributed by atoms with Crippen molar-refractivity contribution in [2.75, 3.05) is 6.54 Å². The van der Waals surface area contributed by atoms with Crippen LogP contribution in [0.15, 0.2) is 45.8 Å². The molecule has 2 rings (SSSR count). The molecule has 0 aliphatic carbocycles. The quantitative estimate of drug-likeness (QED) is 0.837. The van der Waals surface area contributed by atoms with Gasteiger partial charge in [0.2, 0.25) is 0 Å². The zero-order valence-corrected chi connectivity index (χ0v) is 11.4. The molecule has 0 saturated carbocycles. The van der Waals surface area contributed by atoms with Crippen LogP contribution in [0.5, 0.6) is 0 Å². The van der Waals surface area contributed by atoms with Crippen LogP contribution in [0, 0.1) is 0 Å². The van der Waals surface area contributed by atoms with Gasteiger partial charge in [-0.05, 0) is 43.5 Å². The zero-order valence-electron chi connectivity index (χ0n) is 10.6. The van der Waals surface area contributed by atoms with Gasteiger partial charge >= 0.3 is 0 Å². The Hall–Kier alpha value is -1.42. The Morgan fingerprint density at radius 2 is 2.00 bits per heavy atom. The highest BCUT2D eigenvalue weighted by Crippen LogP contribution is 2.23. The molecule has 3 nitrogen and oxygen atoms in total. The van der Waals surface area contributed by atoms with Crippen LogP contribution in [-0.4, -0.2) is 26.4 Å². The van der Waals surface area contributed by atoms with E-state index < -0.39 is 15.1 Å². The SMILES string of the molecule is CC(C)S(=O)(=O)c1ccccc1CC1=CC=NC1. The summed E-state index contributed by atoms with van der Waals surface area (Å²) in [6.07, 6.45) is 4.38. The van der Waals surface area contributed by atoms with Gasteiger partial charge in [0.05, 0.1) is 16.7 Å². The number of allylic oxidation sites excluding steroid dienone is 1. The van der Waals surface area contributed by atoms with Crippen molar-refractivity contribution in [3.63, 3.8) is 0 Å². The van der Waals surface area contributed by atoms with Gasteiger partial charge in [0.15, 0.2) is 9.84 Å². The number of aliphatic imine (C=N–C) groups is 1. The first-order chi connectivity index (χ1) is 8.51. The smallest absolute Gasteiger partial charge is 0.180 e. The molecule has 18 heavy (non-hydrogen) atoms. The molecule has 0 unspecified atom stereocenters. The normalized spacial score (nSPS) is 15.2. The second-order valence-corrected chi connectivity index (χ2v) is 7.17. The summed E-state index contributed by atoms with van der Waals surface area (Å²) in [5, 5.41) is -0.396. The van der Waals surface area contributed by atoms with Crippen LogP contribution in [0.3, 0.4) is 0 Å². The predicted octanol–water partition coefficient (Wildman–Crippen LogP) is 2.42. The molecule has 1 aliphatic heterocycles. The van der Waals surface area contributed by atoms with Crippen LogP contribution in [-0.2, 0) is 16.3 Å². The molecule has 0 amide bonds. The minimum Gasteiger partial charge on any atom is -0.289 e. The van der Waals surface area contributed by atoms with Crippen LogP contribution in [0.2, 0.25) is 0 Å². The lowest BCUT2D eigenvalue weighted by Gasteiger charge is -2.13. The molecule has 0 aromatic heterocycles. The summed E-state index contributed by atoms with van der Waals surface area (Å²) < 4.78 is 24.6. The van der Waals surface area contributed by atoms with E-state index in [-0.39, 0.29) is 0 Å². The average molecular weight is 263 g/mol. The van der Waals surface area contributed by atoms with E-state index in [0.717, 1.165) is 11.1 Å². The van der Waals surface area contributed by atoms with Gasteiger partial charge in [0, 0.05) is 6.21 Å². The van der Waals surface area contributed by atoms with Crippen LogP contribution in [0.1, 0.15) is 19.4 Å². The minimum atomic E-state index is -3.22. The second-order valence-electron chi connectivity index (χ2n) is 4.69. The Morgan fingerprint density at radius 3 is 2.61 bits per heavy atom. The first-order valence-electron chi connectivity index (χ1n) is 6.01. The predicted molar refractivity (Wildman–Crippen MR) is 73.9 cm³/mol. The highest BCUT2D eigenvalue weighted by atomic mass is 32.2. The molecule has 0 fully saturated rings. The highest BCUT2D eigenvalue weighted by Gasteiger charge is 2.22. The standard InChI is InChI=1S/C14H17NO2S/c1-11(2)18(16,17)14-6-4-3-5-13(14)9-12-7-8-15-10-12/h3-8,11H,9-10H2,1-2H3. The van der Waals surface area contributed by atoms with Crippen LogP contribution in [0.4, 0.5) is 0 Å². The summed E-state index contributed by atoms with van der Waals surface area (Å²) in [5.41, 5.74) is 2.02. The summed E-state index contributed by atoms with van der Waals surface area (Å²) in [6, 6.07) is 7.23. The number of sulfone groups is 1. The van der Waals surface area contributed by atoms with Gasteiger partial charge in [0.1, 0.15) is 0 Å². The molecular weight excluding hydrogens is 246 g/mol. The van der Waals surface area contributed by atoms with Crippen molar-refractivity contribution >= 4 is 16.1 Å². The molecule has 0 radical (unpaired) electrons. The Balaban J connectivity index is 2.37. The molecule has 96 valence electrons. The Bertz CT molecular complexity index is 598. The molecule has 0 spiro atoms. The number of nitrogens with zero attached hydrogens (tertiary/aromatic N) is 1. The molecular formula is C14H17NO2S. The lowest BCUT2D eigenvalue weighted by Crippen LogP contribution is -2.16. The molecule has 0 atom stereocenters. The van der Waals surface area contributed by atoms with E-state index in [9.17, 15) is 8.42 Å². The monoisotopic (exact) mass is 263 g/mol. The van der Waals surface area contributed by atoms with E-state index in [4.69, 9.17) is 0 Å². The lowest BCUT2D eigenvalue weighted by atomic mass is 10.1. The average Bonchev–Trinajstić information content (AvgIpc) is 2.82. The zero-order chi connectivity index (χ0) is 13.2. The molecule has 1 aliphatic rings. The molecule has 1 heterocycles. The maximum Gasteiger partial charge on any atom is 0.180 e. The summed E-state index contributed by atoms with van der Waals surface area (Å²) in [5.74, 6) is 0. The Kier molecular flexibility index (Phi) is 3.66. The van der Waals surface area contributed by atoms with Gasteiger partial charge in [-0.1, -0.05) is 18.2 Å². The third kappa shape index (κ3) is 2.53. The third-order valence-corrected chi connectivity index (χ3v) is 5.28. The van der Waals surface area contributed by atoms with E-state index in [1.54, 1.807) is 32.2 Å². The van der Waals surface area contributed by atoms with E-state index in [1.807, 2.05) is 18.2 Å². The summed E-state index contributed by atoms with van der Waals surface area (Å²) in [7, 11) is -3.22. The number of hydrogen-bond donors (Lipinski definition) is 0. The van der Waals surface area contributed by atoms with Crippen molar-refractivity contribution in [1.82, 2.24) is 0 Å². The van der Waals surface area contributed by atoms with Crippen LogP contribution >= 0.6 is 0 Å². The van der Waals surface area contributed by atoms with E-state index in [2.05, 4.69) is 4.99 Å². The van der Waals surface area contributed by atoms with Crippen molar-refractivity contribution in [3.8, 4) is 0 Å². The molecule has 0 saturated heterocycles. The van der Waals surface area contributed by atoms with E-state index in [1.165, 1.54) is 0 Å². The first-order valence-corrected chi connectivity index (χ1v) is 7.56. The minimum absolute atomic E-state index is 0.396. The fourth-order valence-electron chi connectivity index (χ4n) is 1.92. The molecule has 0 bridgehead atoms. The molecule has 1 aromatic rings. The van der Waals surface area contributed by atoms with Gasteiger partial charge < -0.3 is 0 Å². The number of rotatable bonds is 4. The maximum atomic E-state index is 12.3. The van der Waals surface area contributed by atoms with Gasteiger partial charge in [-0.15, -0.1) is 0 Å². The van der Waals surface area contributed by atoms with E-state index in [0.29, 0.717) is 17.9 Å². The van der Waals surface area contributed by atoms with Gasteiger partial charge in [-0.25, -0.2) is 8.42 Å². The van der Waals surface area contributed by atoms with Gasteiger partial charge in [0.25, 0.3) is 0 Å². The van der Waals surface area contributed by atoms with Crippen molar-refractivity contribution in [3.05, 3.63) is 41.5 Å². The fraction of sp³-hybridized carbons (Fsp3) is 0.357. The van der Waals surface area contributed by atoms with Gasteiger partial charge in [-0.2, -0.15) is 0 Å². The Morgan fingerprint density at radius 1 is 1.28 bits per heavy atom. The van der Waals surface area contributed by atoms with Crippen LogP contribution < -0.4 is 0 Å². The summed E-state index contributed by atoms with van der Waals surface area (Å²) in [6.45, 7) is 4.10.